The molecule has 1 N–H and O–H groups in total. The zero-order valence-corrected chi connectivity index (χ0v) is 16.3. The SMILES string of the molecule is CC[C@@H](NS(=O)(=O)c1ccc(OC)c(N2CCCC2=O)c1)c1ccccc1. The minimum Gasteiger partial charge on any atom is -0.495 e. The maximum Gasteiger partial charge on any atom is 0.241 e. The van der Waals surface area contributed by atoms with Gasteiger partial charge in [-0.25, -0.2) is 13.1 Å². The second-order valence-electron chi connectivity index (χ2n) is 6.48. The van der Waals surface area contributed by atoms with Crippen molar-refractivity contribution in [2.24, 2.45) is 0 Å². The van der Waals surface area contributed by atoms with Crippen LogP contribution in [0.2, 0.25) is 0 Å². The van der Waals surface area contributed by atoms with E-state index in [4.69, 9.17) is 4.74 Å². The van der Waals surface area contributed by atoms with E-state index in [9.17, 15) is 13.2 Å². The molecule has 0 bridgehead atoms. The molecule has 1 atom stereocenters. The predicted octanol–water partition coefficient (Wildman–Crippen LogP) is 3.25. The van der Waals surface area contributed by atoms with E-state index in [1.165, 1.54) is 19.2 Å². The van der Waals surface area contributed by atoms with E-state index in [1.54, 1.807) is 11.0 Å². The minimum absolute atomic E-state index is 0.0217. The normalized spacial score (nSPS) is 15.8. The van der Waals surface area contributed by atoms with Crippen LogP contribution < -0.4 is 14.4 Å². The van der Waals surface area contributed by atoms with Gasteiger partial charge in [0.2, 0.25) is 15.9 Å². The Balaban J connectivity index is 1.93. The van der Waals surface area contributed by atoms with Crippen molar-refractivity contribution in [2.45, 2.75) is 37.1 Å². The molecule has 3 rings (SSSR count). The summed E-state index contributed by atoms with van der Waals surface area (Å²) in [7, 11) is -2.25. The van der Waals surface area contributed by atoms with E-state index < -0.39 is 10.0 Å². The molecule has 1 aliphatic rings. The van der Waals surface area contributed by atoms with E-state index in [-0.39, 0.29) is 16.8 Å². The van der Waals surface area contributed by atoms with Crippen molar-refractivity contribution in [1.82, 2.24) is 4.72 Å². The zero-order chi connectivity index (χ0) is 19.4. The first-order valence-corrected chi connectivity index (χ1v) is 10.5. The van der Waals surface area contributed by atoms with Crippen molar-refractivity contribution < 1.29 is 17.9 Å². The highest BCUT2D eigenvalue weighted by molar-refractivity contribution is 7.89. The summed E-state index contributed by atoms with van der Waals surface area (Å²) in [6.45, 7) is 2.50. The number of hydrogen-bond acceptors (Lipinski definition) is 4. The molecule has 1 fully saturated rings. The molecule has 0 radical (unpaired) electrons. The third-order valence-electron chi connectivity index (χ3n) is 4.73. The van der Waals surface area contributed by atoms with Crippen LogP contribution in [-0.4, -0.2) is 28.0 Å². The first kappa shape index (κ1) is 19.4. The summed E-state index contributed by atoms with van der Waals surface area (Å²) in [4.78, 5) is 13.8. The van der Waals surface area contributed by atoms with E-state index in [2.05, 4.69) is 4.72 Å². The Morgan fingerprint density at radius 2 is 1.93 bits per heavy atom. The molecule has 6 nitrogen and oxygen atoms in total. The molecule has 0 spiro atoms. The summed E-state index contributed by atoms with van der Waals surface area (Å²) in [5, 5.41) is 0. The molecule has 1 heterocycles. The van der Waals surface area contributed by atoms with Crippen molar-refractivity contribution in [3.8, 4) is 5.75 Å². The van der Waals surface area contributed by atoms with Gasteiger partial charge in [0, 0.05) is 19.0 Å². The number of anilines is 1. The number of nitrogens with one attached hydrogen (secondary N) is 1. The lowest BCUT2D eigenvalue weighted by Crippen LogP contribution is -2.29. The van der Waals surface area contributed by atoms with E-state index in [0.29, 0.717) is 30.8 Å². The van der Waals surface area contributed by atoms with Gasteiger partial charge in [-0.15, -0.1) is 0 Å². The molecule has 0 aromatic heterocycles. The average molecular weight is 388 g/mol. The number of methoxy groups -OCH3 is 1. The molecule has 1 aliphatic heterocycles. The quantitative estimate of drug-likeness (QED) is 0.790. The van der Waals surface area contributed by atoms with E-state index in [0.717, 1.165) is 12.0 Å². The Bertz CT molecular complexity index is 913. The molecular formula is C20H24N2O4S. The molecule has 27 heavy (non-hydrogen) atoms. The monoisotopic (exact) mass is 388 g/mol. The molecule has 2 aromatic carbocycles. The molecule has 0 saturated carbocycles. The molecule has 1 amide bonds. The van der Waals surface area contributed by atoms with Gasteiger partial charge in [-0.05, 0) is 36.6 Å². The zero-order valence-electron chi connectivity index (χ0n) is 15.5. The number of hydrogen-bond donors (Lipinski definition) is 1. The highest BCUT2D eigenvalue weighted by Crippen LogP contribution is 2.34. The third kappa shape index (κ3) is 4.14. The Labute approximate surface area is 160 Å². The fourth-order valence-electron chi connectivity index (χ4n) is 3.28. The van der Waals surface area contributed by atoms with Gasteiger partial charge in [-0.1, -0.05) is 37.3 Å². The number of carbonyl (C=O) groups excluding carboxylic acids is 1. The summed E-state index contributed by atoms with van der Waals surface area (Å²) in [6.07, 6.45) is 1.84. The van der Waals surface area contributed by atoms with Crippen molar-refractivity contribution in [3.63, 3.8) is 0 Å². The number of sulfonamides is 1. The first-order chi connectivity index (χ1) is 13.0. The van der Waals surface area contributed by atoms with Crippen LogP contribution in [0.4, 0.5) is 5.69 Å². The number of ether oxygens (including phenoxy) is 1. The highest BCUT2D eigenvalue weighted by atomic mass is 32.2. The standard InChI is InChI=1S/C20H24N2O4S/c1-3-17(15-8-5-4-6-9-15)21-27(24,25)16-11-12-19(26-2)18(14-16)22-13-7-10-20(22)23/h4-6,8-9,11-12,14,17,21H,3,7,10,13H2,1-2H3/t17-/m1/s1. The molecule has 0 unspecified atom stereocenters. The van der Waals surface area contributed by atoms with Crippen molar-refractivity contribution in [1.29, 1.82) is 0 Å². The fraction of sp³-hybridized carbons (Fsp3) is 0.350. The van der Waals surface area contributed by atoms with Gasteiger partial charge in [-0.2, -0.15) is 0 Å². The largest absolute Gasteiger partial charge is 0.495 e. The molecule has 2 aromatic rings. The maximum atomic E-state index is 13.0. The molecule has 144 valence electrons. The number of rotatable bonds is 7. The van der Waals surface area contributed by atoms with Crippen molar-refractivity contribution >= 4 is 21.6 Å². The van der Waals surface area contributed by atoms with Crippen molar-refractivity contribution in [2.75, 3.05) is 18.6 Å². The second-order valence-corrected chi connectivity index (χ2v) is 8.19. The van der Waals surface area contributed by atoms with Crippen LogP contribution in [0.3, 0.4) is 0 Å². The summed E-state index contributed by atoms with van der Waals surface area (Å²) < 4.78 is 34.0. The average Bonchev–Trinajstić information content (AvgIpc) is 3.12. The summed E-state index contributed by atoms with van der Waals surface area (Å²) in [5.74, 6) is 0.464. The summed E-state index contributed by atoms with van der Waals surface area (Å²) >= 11 is 0. The highest BCUT2D eigenvalue weighted by Gasteiger charge is 2.27. The lowest BCUT2D eigenvalue weighted by molar-refractivity contribution is -0.117. The van der Waals surface area contributed by atoms with Gasteiger partial charge >= 0.3 is 0 Å². The predicted molar refractivity (Wildman–Crippen MR) is 104 cm³/mol. The van der Waals surface area contributed by atoms with Gasteiger partial charge in [-0.3, -0.25) is 4.79 Å². The molecule has 1 saturated heterocycles. The summed E-state index contributed by atoms with van der Waals surface area (Å²) in [6, 6.07) is 13.8. The van der Waals surface area contributed by atoms with Gasteiger partial charge in [0.25, 0.3) is 0 Å². The summed E-state index contributed by atoms with van der Waals surface area (Å²) in [5.41, 5.74) is 1.41. The number of nitrogens with zero attached hydrogens (tertiary/aromatic N) is 1. The Kier molecular flexibility index (Phi) is 5.82. The molecular weight excluding hydrogens is 364 g/mol. The van der Waals surface area contributed by atoms with Crippen LogP contribution in [0.5, 0.6) is 5.75 Å². The fourth-order valence-corrected chi connectivity index (χ4v) is 4.61. The number of amides is 1. The van der Waals surface area contributed by atoms with Crippen LogP contribution in [0.15, 0.2) is 53.4 Å². The Hall–Kier alpha value is -2.38. The smallest absolute Gasteiger partial charge is 0.241 e. The minimum atomic E-state index is -3.76. The number of benzene rings is 2. The van der Waals surface area contributed by atoms with Crippen LogP contribution >= 0.6 is 0 Å². The van der Waals surface area contributed by atoms with Crippen LogP contribution in [0.1, 0.15) is 37.8 Å². The molecule has 0 aliphatic carbocycles. The van der Waals surface area contributed by atoms with Gasteiger partial charge in [0.15, 0.2) is 0 Å². The van der Waals surface area contributed by atoms with Gasteiger partial charge < -0.3 is 9.64 Å². The Morgan fingerprint density at radius 3 is 2.52 bits per heavy atom. The Morgan fingerprint density at radius 1 is 1.19 bits per heavy atom. The number of carbonyl (C=O) groups is 1. The van der Waals surface area contributed by atoms with Gasteiger partial charge in [0.1, 0.15) is 5.75 Å². The second kappa shape index (κ2) is 8.10. The van der Waals surface area contributed by atoms with Crippen LogP contribution in [-0.2, 0) is 14.8 Å². The van der Waals surface area contributed by atoms with Crippen LogP contribution in [0, 0.1) is 0 Å². The van der Waals surface area contributed by atoms with Gasteiger partial charge in [0.05, 0.1) is 17.7 Å². The topological polar surface area (TPSA) is 75.7 Å². The lowest BCUT2D eigenvalue weighted by Gasteiger charge is -2.21. The van der Waals surface area contributed by atoms with Crippen LogP contribution in [0.25, 0.3) is 0 Å². The van der Waals surface area contributed by atoms with E-state index in [1.807, 2.05) is 37.3 Å². The van der Waals surface area contributed by atoms with E-state index >= 15 is 0 Å². The maximum absolute atomic E-state index is 13.0. The molecule has 7 heteroatoms. The first-order valence-electron chi connectivity index (χ1n) is 9.02. The lowest BCUT2D eigenvalue weighted by atomic mass is 10.1. The van der Waals surface area contributed by atoms with Crippen molar-refractivity contribution in [3.05, 3.63) is 54.1 Å². The third-order valence-corrected chi connectivity index (χ3v) is 6.20.